The van der Waals surface area contributed by atoms with E-state index in [1.54, 1.807) is 12.1 Å². The first-order chi connectivity index (χ1) is 11.7. The van der Waals surface area contributed by atoms with E-state index in [0.29, 0.717) is 5.69 Å². The zero-order valence-electron chi connectivity index (χ0n) is 13.8. The molecule has 0 aliphatic heterocycles. The fourth-order valence-electron chi connectivity index (χ4n) is 2.09. The average Bonchev–Trinajstić information content (AvgIpc) is 2.56. The van der Waals surface area contributed by atoms with Crippen LogP contribution in [0.25, 0.3) is 0 Å². The van der Waals surface area contributed by atoms with Gasteiger partial charge in [0.2, 0.25) is 0 Å². The first-order valence-electron chi connectivity index (χ1n) is 7.36. The third-order valence-electron chi connectivity index (χ3n) is 3.60. The molecule has 2 rings (SSSR count). The van der Waals surface area contributed by atoms with Crippen LogP contribution in [0, 0.1) is 26.2 Å². The van der Waals surface area contributed by atoms with Crippen LogP contribution >= 0.6 is 11.6 Å². The van der Waals surface area contributed by atoms with Crippen molar-refractivity contribution in [1.29, 1.82) is 0 Å². The Morgan fingerprint density at radius 2 is 1.88 bits per heavy atom. The van der Waals surface area contributed by atoms with Gasteiger partial charge in [-0.05, 0) is 55.3 Å². The van der Waals surface area contributed by atoms with Crippen LogP contribution in [0.5, 0.6) is 0 Å². The van der Waals surface area contributed by atoms with Crippen molar-refractivity contribution >= 4 is 33.2 Å². The Kier molecular flexibility index (Phi) is 5.73. The summed E-state index contributed by atoms with van der Waals surface area (Å²) >= 11 is 5.99. The van der Waals surface area contributed by atoms with E-state index >= 15 is 0 Å². The molecule has 0 spiro atoms. The highest BCUT2D eigenvalue weighted by Crippen LogP contribution is 2.23. The van der Waals surface area contributed by atoms with Crippen molar-refractivity contribution in [1.82, 2.24) is 5.32 Å². The molecule has 0 aromatic heterocycles. The van der Waals surface area contributed by atoms with E-state index in [0.717, 1.165) is 11.1 Å². The summed E-state index contributed by atoms with van der Waals surface area (Å²) in [6, 6.07) is 9.16. The third-order valence-corrected chi connectivity index (χ3v) is 5.31. The van der Waals surface area contributed by atoms with E-state index in [4.69, 9.17) is 18.0 Å². The fourth-order valence-corrected chi connectivity index (χ4v) is 3.37. The average molecular weight is 377 g/mol. The number of halogens is 1. The largest absolute Gasteiger partial charge is 0.341 e. The first kappa shape index (κ1) is 18.8. The van der Waals surface area contributed by atoms with Crippen LogP contribution in [0.4, 0.5) is 5.69 Å². The van der Waals surface area contributed by atoms with E-state index < -0.39 is 15.9 Å². The molecule has 2 aromatic carbocycles. The standard InChI is InChI=1S/C18H17ClN2O3S/c1-4-9-20-18(22)16-11-15(7-8-17(16)19)25(23,24)21-14-6-5-12(2)13(3)10-14/h1,5-8,10-11,21H,9H2,2-3H3,(H,20,22). The highest BCUT2D eigenvalue weighted by Gasteiger charge is 2.19. The molecular weight excluding hydrogens is 360 g/mol. The van der Waals surface area contributed by atoms with Gasteiger partial charge in [0, 0.05) is 5.69 Å². The zero-order valence-corrected chi connectivity index (χ0v) is 15.3. The summed E-state index contributed by atoms with van der Waals surface area (Å²) in [4.78, 5) is 12.0. The highest BCUT2D eigenvalue weighted by molar-refractivity contribution is 7.92. The SMILES string of the molecule is C#CCNC(=O)c1cc(S(=O)(=O)Nc2ccc(C)c(C)c2)ccc1Cl. The summed E-state index contributed by atoms with van der Waals surface area (Å²) in [5, 5.41) is 2.60. The van der Waals surface area contributed by atoms with E-state index in [1.807, 2.05) is 19.9 Å². The van der Waals surface area contributed by atoms with Crippen molar-refractivity contribution in [3.05, 3.63) is 58.1 Å². The minimum atomic E-state index is -3.87. The van der Waals surface area contributed by atoms with Gasteiger partial charge in [-0.2, -0.15) is 0 Å². The summed E-state index contributed by atoms with van der Waals surface area (Å²) in [6.07, 6.45) is 5.10. The van der Waals surface area contributed by atoms with Gasteiger partial charge in [0.15, 0.2) is 0 Å². The van der Waals surface area contributed by atoms with Crippen LogP contribution in [0.1, 0.15) is 21.5 Å². The van der Waals surface area contributed by atoms with Crippen LogP contribution in [-0.2, 0) is 10.0 Å². The van der Waals surface area contributed by atoms with Crippen LogP contribution in [0.2, 0.25) is 5.02 Å². The smallest absolute Gasteiger partial charge is 0.261 e. The number of hydrogen-bond donors (Lipinski definition) is 2. The van der Waals surface area contributed by atoms with E-state index in [9.17, 15) is 13.2 Å². The van der Waals surface area contributed by atoms with Crippen LogP contribution in [0.15, 0.2) is 41.3 Å². The second-order valence-electron chi connectivity index (χ2n) is 5.43. The van der Waals surface area contributed by atoms with E-state index in [-0.39, 0.29) is 22.0 Å². The van der Waals surface area contributed by atoms with E-state index in [1.165, 1.54) is 18.2 Å². The zero-order chi connectivity index (χ0) is 18.6. The molecule has 0 bridgehead atoms. The summed E-state index contributed by atoms with van der Waals surface area (Å²) in [5.41, 5.74) is 2.50. The molecule has 0 saturated carbocycles. The summed E-state index contributed by atoms with van der Waals surface area (Å²) in [5.74, 6) is 1.73. The number of sulfonamides is 1. The Morgan fingerprint density at radius 3 is 2.52 bits per heavy atom. The molecule has 2 N–H and O–H groups in total. The predicted octanol–water partition coefficient (Wildman–Crippen LogP) is 3.12. The van der Waals surface area contributed by atoms with Crippen LogP contribution in [0.3, 0.4) is 0 Å². The molecule has 0 atom stereocenters. The van der Waals surface area contributed by atoms with Gasteiger partial charge in [0.25, 0.3) is 15.9 Å². The normalized spacial score (nSPS) is 10.8. The fraction of sp³-hybridized carbons (Fsp3) is 0.167. The number of terminal acetylenes is 1. The molecule has 0 heterocycles. The second-order valence-corrected chi connectivity index (χ2v) is 7.52. The van der Waals surface area contributed by atoms with Gasteiger partial charge in [-0.3, -0.25) is 9.52 Å². The second kappa shape index (κ2) is 7.60. The molecule has 0 aliphatic carbocycles. The lowest BCUT2D eigenvalue weighted by Crippen LogP contribution is -2.24. The summed E-state index contributed by atoms with van der Waals surface area (Å²) in [7, 11) is -3.87. The lowest BCUT2D eigenvalue weighted by Gasteiger charge is -2.11. The molecule has 25 heavy (non-hydrogen) atoms. The monoisotopic (exact) mass is 376 g/mol. The maximum Gasteiger partial charge on any atom is 0.261 e. The molecule has 5 nitrogen and oxygen atoms in total. The van der Waals surface area contributed by atoms with Gasteiger partial charge in [-0.1, -0.05) is 23.6 Å². The number of aryl methyl sites for hydroxylation is 2. The molecular formula is C18H17ClN2O3S. The maximum absolute atomic E-state index is 12.6. The van der Waals surface area contributed by atoms with Crippen LogP contribution < -0.4 is 10.0 Å². The van der Waals surface area contributed by atoms with Gasteiger partial charge in [-0.25, -0.2) is 8.42 Å². The van der Waals surface area contributed by atoms with Crippen molar-refractivity contribution in [3.8, 4) is 12.3 Å². The molecule has 130 valence electrons. The predicted molar refractivity (Wildman–Crippen MR) is 99.3 cm³/mol. The van der Waals surface area contributed by atoms with Gasteiger partial charge in [0.1, 0.15) is 0 Å². The van der Waals surface area contributed by atoms with Gasteiger partial charge >= 0.3 is 0 Å². The number of rotatable bonds is 5. The van der Waals surface area contributed by atoms with Crippen molar-refractivity contribution in [2.75, 3.05) is 11.3 Å². The Balaban J connectivity index is 2.34. The quantitative estimate of drug-likeness (QED) is 0.787. The maximum atomic E-state index is 12.6. The molecule has 1 amide bonds. The van der Waals surface area contributed by atoms with Crippen molar-refractivity contribution in [2.45, 2.75) is 18.7 Å². The van der Waals surface area contributed by atoms with E-state index in [2.05, 4.69) is 16.0 Å². The van der Waals surface area contributed by atoms with Gasteiger partial charge in [0.05, 0.1) is 22.0 Å². The molecule has 7 heteroatoms. The summed E-state index contributed by atoms with van der Waals surface area (Å²) in [6.45, 7) is 3.85. The number of hydrogen-bond acceptors (Lipinski definition) is 3. The van der Waals surface area contributed by atoms with Crippen molar-refractivity contribution < 1.29 is 13.2 Å². The third kappa shape index (κ3) is 4.53. The number of carbonyl (C=O) groups is 1. The number of carbonyl (C=O) groups excluding carboxylic acids is 1. The Bertz CT molecular complexity index is 963. The van der Waals surface area contributed by atoms with Crippen molar-refractivity contribution in [2.24, 2.45) is 0 Å². The molecule has 0 unspecified atom stereocenters. The van der Waals surface area contributed by atoms with Gasteiger partial charge in [-0.15, -0.1) is 6.42 Å². The number of anilines is 1. The lowest BCUT2D eigenvalue weighted by molar-refractivity contribution is 0.0958. The van der Waals surface area contributed by atoms with Crippen molar-refractivity contribution in [3.63, 3.8) is 0 Å². The Labute approximate surface area is 152 Å². The molecule has 2 aromatic rings. The number of nitrogens with one attached hydrogen (secondary N) is 2. The van der Waals surface area contributed by atoms with Gasteiger partial charge < -0.3 is 5.32 Å². The minimum Gasteiger partial charge on any atom is -0.341 e. The molecule has 0 fully saturated rings. The molecule has 0 aliphatic rings. The Morgan fingerprint density at radius 1 is 1.16 bits per heavy atom. The lowest BCUT2D eigenvalue weighted by atomic mass is 10.1. The van der Waals surface area contributed by atoms with Crippen LogP contribution in [-0.4, -0.2) is 20.9 Å². The Hall–Kier alpha value is -2.49. The minimum absolute atomic E-state index is 0.0209. The first-order valence-corrected chi connectivity index (χ1v) is 9.22. The highest BCUT2D eigenvalue weighted by atomic mass is 35.5. The number of amides is 1. The molecule has 0 radical (unpaired) electrons. The summed E-state index contributed by atoms with van der Waals surface area (Å²) < 4.78 is 27.7. The number of benzene rings is 2. The topological polar surface area (TPSA) is 75.3 Å². The molecule has 0 saturated heterocycles.